The van der Waals surface area contributed by atoms with E-state index in [4.69, 9.17) is 0 Å². The van der Waals surface area contributed by atoms with Gasteiger partial charge >= 0.3 is 0 Å². The van der Waals surface area contributed by atoms with Gasteiger partial charge in [-0.2, -0.15) is 0 Å². The summed E-state index contributed by atoms with van der Waals surface area (Å²) in [7, 11) is 0. The van der Waals surface area contributed by atoms with Crippen molar-refractivity contribution in [1.82, 2.24) is 14.9 Å². The Kier molecular flexibility index (Phi) is 5.17. The van der Waals surface area contributed by atoms with Crippen molar-refractivity contribution < 1.29 is 8.78 Å². The predicted molar refractivity (Wildman–Crippen MR) is 107 cm³/mol. The van der Waals surface area contributed by atoms with Crippen LogP contribution in [0.4, 0.5) is 8.78 Å². The average Bonchev–Trinajstić information content (AvgIpc) is 2.99. The molecule has 0 aliphatic rings. The lowest BCUT2D eigenvalue weighted by atomic mass is 10.1. The number of pyridine rings is 1. The van der Waals surface area contributed by atoms with Crippen molar-refractivity contribution in [2.45, 2.75) is 26.6 Å². The van der Waals surface area contributed by atoms with Gasteiger partial charge in [0.2, 0.25) is 0 Å². The molecule has 0 aliphatic carbocycles. The number of fused-ring (bicyclic) bond motifs is 1. The molecule has 5 heteroatoms. The Morgan fingerprint density at radius 2 is 1.82 bits per heavy atom. The standard InChI is InChI=1S/C23H21F2N3/c1-16-20-11-19(24)8-9-22(20)27-23(16)15-28(13-17-5-4-10-26-12-17)14-18-6-2-3-7-21(18)25/h2-12,27H,13-15H2,1H3. The molecule has 4 aromatic rings. The van der Waals surface area contributed by atoms with Crippen LogP contribution in [0.5, 0.6) is 0 Å². The molecule has 0 radical (unpaired) electrons. The molecule has 0 aliphatic heterocycles. The zero-order chi connectivity index (χ0) is 19.5. The van der Waals surface area contributed by atoms with Crippen LogP contribution in [0.1, 0.15) is 22.4 Å². The average molecular weight is 377 g/mol. The summed E-state index contributed by atoms with van der Waals surface area (Å²) in [6.45, 7) is 3.67. The maximum Gasteiger partial charge on any atom is 0.127 e. The number of H-pyrrole nitrogens is 1. The number of aromatic amines is 1. The Hall–Kier alpha value is -3.05. The SMILES string of the molecule is Cc1c(CN(Cc2cccnc2)Cc2ccccc2F)[nH]c2ccc(F)cc12. The van der Waals surface area contributed by atoms with Crippen molar-refractivity contribution >= 4 is 10.9 Å². The van der Waals surface area contributed by atoms with Crippen LogP contribution in [0.15, 0.2) is 67.0 Å². The van der Waals surface area contributed by atoms with Gasteiger partial charge in [-0.05, 0) is 48.4 Å². The predicted octanol–water partition coefficient (Wildman–Crippen LogP) is 5.35. The number of hydrogen-bond donors (Lipinski definition) is 1. The summed E-state index contributed by atoms with van der Waals surface area (Å²) >= 11 is 0. The van der Waals surface area contributed by atoms with Crippen molar-refractivity contribution in [2.75, 3.05) is 0 Å². The first-order valence-electron chi connectivity index (χ1n) is 9.21. The molecule has 0 saturated heterocycles. The molecule has 2 heterocycles. The highest BCUT2D eigenvalue weighted by Gasteiger charge is 2.15. The minimum Gasteiger partial charge on any atom is -0.357 e. The van der Waals surface area contributed by atoms with E-state index in [2.05, 4.69) is 14.9 Å². The van der Waals surface area contributed by atoms with Gasteiger partial charge in [0.25, 0.3) is 0 Å². The lowest BCUT2D eigenvalue weighted by molar-refractivity contribution is 0.241. The molecule has 4 rings (SSSR count). The maximum atomic E-state index is 14.2. The number of rotatable bonds is 6. The lowest BCUT2D eigenvalue weighted by Crippen LogP contribution is -2.23. The number of hydrogen-bond acceptors (Lipinski definition) is 2. The van der Waals surface area contributed by atoms with Crippen molar-refractivity contribution in [2.24, 2.45) is 0 Å². The van der Waals surface area contributed by atoms with Crippen molar-refractivity contribution in [3.05, 3.63) is 101 Å². The lowest BCUT2D eigenvalue weighted by Gasteiger charge is -2.22. The minimum atomic E-state index is -0.250. The highest BCUT2D eigenvalue weighted by Crippen LogP contribution is 2.25. The molecule has 28 heavy (non-hydrogen) atoms. The second kappa shape index (κ2) is 7.90. The molecule has 0 atom stereocenters. The Morgan fingerprint density at radius 1 is 0.964 bits per heavy atom. The highest BCUT2D eigenvalue weighted by molar-refractivity contribution is 5.84. The fourth-order valence-electron chi connectivity index (χ4n) is 3.52. The topological polar surface area (TPSA) is 31.9 Å². The largest absolute Gasteiger partial charge is 0.357 e. The normalized spacial score (nSPS) is 11.4. The van der Waals surface area contributed by atoms with E-state index in [1.807, 2.05) is 31.3 Å². The van der Waals surface area contributed by atoms with Gasteiger partial charge in [0.15, 0.2) is 0 Å². The first-order valence-corrected chi connectivity index (χ1v) is 9.21. The number of nitrogens with one attached hydrogen (secondary N) is 1. The third kappa shape index (κ3) is 3.94. The molecule has 0 fully saturated rings. The molecule has 0 saturated carbocycles. The molecular weight excluding hydrogens is 356 g/mol. The van der Waals surface area contributed by atoms with Crippen LogP contribution >= 0.6 is 0 Å². The zero-order valence-electron chi connectivity index (χ0n) is 15.6. The van der Waals surface area contributed by atoms with E-state index < -0.39 is 0 Å². The summed E-state index contributed by atoms with van der Waals surface area (Å²) in [6, 6.07) is 15.5. The molecular formula is C23H21F2N3. The van der Waals surface area contributed by atoms with Gasteiger partial charge in [0, 0.05) is 54.2 Å². The quantitative estimate of drug-likeness (QED) is 0.491. The van der Waals surface area contributed by atoms with E-state index in [1.165, 1.54) is 12.1 Å². The highest BCUT2D eigenvalue weighted by atomic mass is 19.1. The van der Waals surface area contributed by atoms with E-state index in [0.29, 0.717) is 25.2 Å². The number of benzene rings is 2. The van der Waals surface area contributed by atoms with Crippen molar-refractivity contribution in [3.8, 4) is 0 Å². The van der Waals surface area contributed by atoms with Crippen LogP contribution in [-0.2, 0) is 19.6 Å². The number of nitrogens with zero attached hydrogens (tertiary/aromatic N) is 2. The van der Waals surface area contributed by atoms with E-state index in [0.717, 1.165) is 27.7 Å². The molecule has 1 N–H and O–H groups in total. The first kappa shape index (κ1) is 18.3. The monoisotopic (exact) mass is 377 g/mol. The third-order valence-corrected chi connectivity index (χ3v) is 4.99. The van der Waals surface area contributed by atoms with E-state index >= 15 is 0 Å². The van der Waals surface area contributed by atoms with Crippen LogP contribution < -0.4 is 0 Å². The summed E-state index contributed by atoms with van der Waals surface area (Å²) in [5, 5.41) is 0.877. The molecule has 142 valence electrons. The summed E-state index contributed by atoms with van der Waals surface area (Å²) in [6.07, 6.45) is 3.56. The Bertz CT molecular complexity index is 1090. The third-order valence-electron chi connectivity index (χ3n) is 4.99. The fraction of sp³-hybridized carbons (Fsp3) is 0.174. The van der Waals surface area contributed by atoms with Gasteiger partial charge < -0.3 is 4.98 Å². The van der Waals surface area contributed by atoms with E-state index in [9.17, 15) is 8.78 Å². The van der Waals surface area contributed by atoms with Gasteiger partial charge in [0.1, 0.15) is 11.6 Å². The van der Waals surface area contributed by atoms with Gasteiger partial charge in [-0.1, -0.05) is 24.3 Å². The molecule has 2 aromatic carbocycles. The molecule has 0 amide bonds. The Labute approximate surface area is 162 Å². The van der Waals surface area contributed by atoms with Crippen LogP contribution in [0, 0.1) is 18.6 Å². The van der Waals surface area contributed by atoms with Crippen LogP contribution in [0.3, 0.4) is 0 Å². The number of aromatic nitrogens is 2. The van der Waals surface area contributed by atoms with Gasteiger partial charge in [0.05, 0.1) is 0 Å². The summed E-state index contributed by atoms with van der Waals surface area (Å²) < 4.78 is 27.9. The van der Waals surface area contributed by atoms with Gasteiger partial charge in [-0.15, -0.1) is 0 Å². The smallest absolute Gasteiger partial charge is 0.127 e. The summed E-state index contributed by atoms with van der Waals surface area (Å²) in [5.74, 6) is -0.464. The molecule has 0 bridgehead atoms. The van der Waals surface area contributed by atoms with E-state index in [1.54, 1.807) is 30.5 Å². The van der Waals surface area contributed by atoms with Gasteiger partial charge in [-0.25, -0.2) is 8.78 Å². The van der Waals surface area contributed by atoms with Crippen molar-refractivity contribution in [3.63, 3.8) is 0 Å². The molecule has 2 aromatic heterocycles. The summed E-state index contributed by atoms with van der Waals surface area (Å²) in [5.41, 5.74) is 4.62. The zero-order valence-corrected chi connectivity index (χ0v) is 15.6. The summed E-state index contributed by atoms with van der Waals surface area (Å²) in [4.78, 5) is 9.73. The Morgan fingerprint density at radius 3 is 2.61 bits per heavy atom. The van der Waals surface area contributed by atoms with E-state index in [-0.39, 0.29) is 11.6 Å². The van der Waals surface area contributed by atoms with Gasteiger partial charge in [-0.3, -0.25) is 9.88 Å². The Balaban J connectivity index is 1.65. The maximum absolute atomic E-state index is 14.2. The van der Waals surface area contributed by atoms with Crippen LogP contribution in [-0.4, -0.2) is 14.9 Å². The fourth-order valence-corrected chi connectivity index (χ4v) is 3.52. The second-order valence-corrected chi connectivity index (χ2v) is 7.02. The second-order valence-electron chi connectivity index (χ2n) is 7.02. The number of halogens is 2. The van der Waals surface area contributed by atoms with Crippen LogP contribution in [0.2, 0.25) is 0 Å². The van der Waals surface area contributed by atoms with Crippen molar-refractivity contribution in [1.29, 1.82) is 0 Å². The minimum absolute atomic E-state index is 0.214. The molecule has 0 spiro atoms. The molecule has 3 nitrogen and oxygen atoms in total. The first-order chi connectivity index (χ1) is 13.6. The number of aryl methyl sites for hydroxylation is 1. The van der Waals surface area contributed by atoms with Crippen LogP contribution in [0.25, 0.3) is 10.9 Å². The molecule has 0 unspecified atom stereocenters.